The number of carbonyl (C=O) groups excluding carboxylic acids is 1. The van der Waals surface area contributed by atoms with Crippen molar-refractivity contribution in [2.24, 2.45) is 0 Å². The van der Waals surface area contributed by atoms with E-state index in [0.29, 0.717) is 4.47 Å². The Morgan fingerprint density at radius 1 is 1.22 bits per heavy atom. The highest BCUT2D eigenvalue weighted by Gasteiger charge is 2.33. The van der Waals surface area contributed by atoms with Gasteiger partial charge in [0.15, 0.2) is 5.76 Å². The first kappa shape index (κ1) is 13.0. The van der Waals surface area contributed by atoms with Crippen molar-refractivity contribution in [2.75, 3.05) is 0 Å². The first-order valence-corrected chi connectivity index (χ1v) is 6.26. The van der Waals surface area contributed by atoms with Gasteiger partial charge in [-0.05, 0) is 53.5 Å². The number of Topliss-reactive ketones (excluding diaryl/α,β-unsaturated/α-hetero) is 1. The molecule has 0 atom stereocenters. The maximum atomic E-state index is 12.9. The van der Waals surface area contributed by atoms with E-state index in [1.165, 1.54) is 18.4 Å². The van der Waals surface area contributed by atoms with Crippen molar-refractivity contribution in [2.45, 2.75) is 19.3 Å². The van der Waals surface area contributed by atoms with E-state index in [9.17, 15) is 9.18 Å². The Morgan fingerprint density at radius 2 is 1.83 bits per heavy atom. The van der Waals surface area contributed by atoms with Crippen LogP contribution < -0.4 is 0 Å². The summed E-state index contributed by atoms with van der Waals surface area (Å²) in [5.74, 6) is -0.184. The lowest BCUT2D eigenvalue weighted by Crippen LogP contribution is -2.29. The number of hydrogen-bond donors (Lipinski definition) is 0. The molecule has 18 heavy (non-hydrogen) atoms. The predicted octanol–water partition coefficient (Wildman–Crippen LogP) is 4.34. The summed E-state index contributed by atoms with van der Waals surface area (Å²) in [6.07, 6.45) is 1.46. The summed E-state index contributed by atoms with van der Waals surface area (Å²) in [7, 11) is 0. The van der Waals surface area contributed by atoms with Crippen LogP contribution in [0, 0.1) is 5.82 Å². The average molecular weight is 311 g/mol. The molecule has 0 fully saturated rings. The van der Waals surface area contributed by atoms with Crippen LogP contribution in [0.1, 0.15) is 30.0 Å². The van der Waals surface area contributed by atoms with Gasteiger partial charge in [0.05, 0.1) is 16.2 Å². The van der Waals surface area contributed by atoms with E-state index in [1.807, 2.05) is 0 Å². The average Bonchev–Trinajstić information content (AvgIpc) is 2.75. The minimum atomic E-state index is -0.770. The number of rotatable bonds is 3. The maximum Gasteiger partial charge on any atom is 0.209 e. The van der Waals surface area contributed by atoms with Crippen molar-refractivity contribution in [3.63, 3.8) is 0 Å². The molecule has 1 aromatic carbocycles. The van der Waals surface area contributed by atoms with Gasteiger partial charge < -0.3 is 4.42 Å². The largest absolute Gasteiger partial charge is 0.460 e. The number of benzene rings is 1. The Hall–Kier alpha value is -1.42. The summed E-state index contributed by atoms with van der Waals surface area (Å²) >= 11 is 3.27. The van der Waals surface area contributed by atoms with Crippen LogP contribution in [0.5, 0.6) is 0 Å². The standard InChI is InChI=1S/C14H12BrFO2/c1-14(2,9-3-5-10(16)6-4-9)13(17)12-11(15)7-8-18-12/h3-8H,1-2H3. The Labute approximate surface area is 113 Å². The van der Waals surface area contributed by atoms with Gasteiger partial charge in [0, 0.05) is 0 Å². The zero-order chi connectivity index (χ0) is 13.3. The monoisotopic (exact) mass is 310 g/mol. The van der Waals surface area contributed by atoms with Crippen molar-refractivity contribution in [3.8, 4) is 0 Å². The number of furan rings is 1. The summed E-state index contributed by atoms with van der Waals surface area (Å²) in [5.41, 5.74) is -0.0224. The minimum absolute atomic E-state index is 0.147. The molecule has 1 heterocycles. The normalized spacial score (nSPS) is 11.6. The third-order valence-electron chi connectivity index (χ3n) is 2.96. The van der Waals surface area contributed by atoms with Gasteiger partial charge in [-0.25, -0.2) is 4.39 Å². The topological polar surface area (TPSA) is 30.2 Å². The predicted molar refractivity (Wildman–Crippen MR) is 70.2 cm³/mol. The molecule has 4 heteroatoms. The van der Waals surface area contributed by atoms with Crippen molar-refractivity contribution in [1.29, 1.82) is 0 Å². The van der Waals surface area contributed by atoms with Gasteiger partial charge >= 0.3 is 0 Å². The molecule has 0 amide bonds. The van der Waals surface area contributed by atoms with Crippen LogP contribution in [0.4, 0.5) is 4.39 Å². The lowest BCUT2D eigenvalue weighted by molar-refractivity contribution is 0.0879. The van der Waals surface area contributed by atoms with E-state index in [0.717, 1.165) is 5.56 Å². The van der Waals surface area contributed by atoms with Crippen LogP contribution in [0.2, 0.25) is 0 Å². The van der Waals surface area contributed by atoms with E-state index in [2.05, 4.69) is 15.9 Å². The van der Waals surface area contributed by atoms with Gasteiger partial charge in [0.25, 0.3) is 0 Å². The number of halogens is 2. The second-order valence-electron chi connectivity index (χ2n) is 4.56. The van der Waals surface area contributed by atoms with Crippen LogP contribution in [-0.2, 0) is 5.41 Å². The first-order chi connectivity index (χ1) is 8.43. The van der Waals surface area contributed by atoms with Crippen LogP contribution in [0.25, 0.3) is 0 Å². The molecule has 0 aliphatic rings. The molecule has 2 aromatic rings. The fourth-order valence-corrected chi connectivity index (χ4v) is 2.12. The zero-order valence-corrected chi connectivity index (χ0v) is 11.6. The molecular formula is C14H12BrFO2. The molecule has 0 saturated heterocycles. The third kappa shape index (κ3) is 2.25. The fraction of sp³-hybridized carbons (Fsp3) is 0.214. The summed E-state index contributed by atoms with van der Waals surface area (Å²) < 4.78 is 18.7. The van der Waals surface area contributed by atoms with E-state index >= 15 is 0 Å². The maximum absolute atomic E-state index is 12.9. The highest BCUT2D eigenvalue weighted by molar-refractivity contribution is 9.10. The Kier molecular flexibility index (Phi) is 3.39. The number of carbonyl (C=O) groups is 1. The number of ketones is 1. The molecule has 0 bridgehead atoms. The van der Waals surface area contributed by atoms with Crippen LogP contribution >= 0.6 is 15.9 Å². The van der Waals surface area contributed by atoms with Gasteiger partial charge in [0.2, 0.25) is 5.78 Å². The van der Waals surface area contributed by atoms with Crippen molar-refractivity contribution in [3.05, 3.63) is 58.2 Å². The number of hydrogen-bond acceptors (Lipinski definition) is 2. The van der Waals surface area contributed by atoms with E-state index in [4.69, 9.17) is 4.42 Å². The summed E-state index contributed by atoms with van der Waals surface area (Å²) in [4.78, 5) is 12.4. The van der Waals surface area contributed by atoms with E-state index < -0.39 is 5.41 Å². The van der Waals surface area contributed by atoms with Crippen LogP contribution in [-0.4, -0.2) is 5.78 Å². The van der Waals surface area contributed by atoms with Crippen molar-refractivity contribution in [1.82, 2.24) is 0 Å². The van der Waals surface area contributed by atoms with Gasteiger partial charge in [-0.1, -0.05) is 12.1 Å². The second-order valence-corrected chi connectivity index (χ2v) is 5.41. The lowest BCUT2D eigenvalue weighted by Gasteiger charge is -2.22. The molecule has 0 spiro atoms. The van der Waals surface area contributed by atoms with Crippen molar-refractivity contribution < 1.29 is 13.6 Å². The smallest absolute Gasteiger partial charge is 0.209 e. The highest BCUT2D eigenvalue weighted by atomic mass is 79.9. The Morgan fingerprint density at radius 3 is 2.33 bits per heavy atom. The summed E-state index contributed by atoms with van der Waals surface area (Å²) in [6, 6.07) is 7.60. The molecule has 1 aromatic heterocycles. The molecule has 0 unspecified atom stereocenters. The van der Waals surface area contributed by atoms with Gasteiger partial charge in [0.1, 0.15) is 5.82 Å². The first-order valence-electron chi connectivity index (χ1n) is 5.47. The van der Waals surface area contributed by atoms with Crippen molar-refractivity contribution >= 4 is 21.7 Å². The molecule has 2 rings (SSSR count). The quantitative estimate of drug-likeness (QED) is 0.789. The van der Waals surface area contributed by atoms with Gasteiger partial charge in [-0.2, -0.15) is 0 Å². The molecule has 2 nitrogen and oxygen atoms in total. The zero-order valence-electron chi connectivity index (χ0n) is 10.0. The Bertz CT molecular complexity index is 570. The molecule has 0 radical (unpaired) electrons. The molecule has 94 valence electrons. The lowest BCUT2D eigenvalue weighted by atomic mass is 9.80. The van der Waals surface area contributed by atoms with Gasteiger partial charge in [-0.15, -0.1) is 0 Å². The molecule has 0 saturated carbocycles. The highest BCUT2D eigenvalue weighted by Crippen LogP contribution is 2.31. The summed E-state index contributed by atoms with van der Waals surface area (Å²) in [5, 5.41) is 0. The van der Waals surface area contributed by atoms with E-state index in [-0.39, 0.29) is 17.4 Å². The second kappa shape index (κ2) is 4.69. The molecule has 0 aliphatic heterocycles. The molecule has 0 N–H and O–H groups in total. The minimum Gasteiger partial charge on any atom is -0.460 e. The Balaban J connectivity index is 2.39. The fourth-order valence-electron chi connectivity index (χ4n) is 1.74. The third-order valence-corrected chi connectivity index (χ3v) is 3.58. The summed E-state index contributed by atoms with van der Waals surface area (Å²) in [6.45, 7) is 3.58. The van der Waals surface area contributed by atoms with E-state index in [1.54, 1.807) is 32.0 Å². The van der Waals surface area contributed by atoms with Crippen LogP contribution in [0.15, 0.2) is 45.5 Å². The SMILES string of the molecule is CC(C)(C(=O)c1occc1Br)c1ccc(F)cc1. The van der Waals surface area contributed by atoms with Crippen LogP contribution in [0.3, 0.4) is 0 Å². The van der Waals surface area contributed by atoms with Gasteiger partial charge in [-0.3, -0.25) is 4.79 Å². The molecule has 0 aliphatic carbocycles. The molecular weight excluding hydrogens is 299 g/mol.